The fraction of sp³-hybridized carbons (Fsp3) is 0.450. The minimum absolute atomic E-state index is 0.0635. The number of aromatic amines is 1. The van der Waals surface area contributed by atoms with Crippen molar-refractivity contribution >= 4 is 28.5 Å². The molecule has 258 valence electrons. The summed E-state index contributed by atoms with van der Waals surface area (Å²) in [5.74, 6) is 1.68. The Hall–Kier alpha value is -4.50. The number of para-hydroxylation sites is 2. The van der Waals surface area contributed by atoms with Crippen molar-refractivity contribution in [2.24, 2.45) is 5.92 Å². The fourth-order valence-electron chi connectivity index (χ4n) is 8.69. The zero-order valence-electron chi connectivity index (χ0n) is 29.3. The summed E-state index contributed by atoms with van der Waals surface area (Å²) in [7, 11) is 7.49. The molecule has 3 aromatic carbocycles. The Morgan fingerprint density at radius 3 is 2.53 bits per heavy atom. The lowest BCUT2D eigenvalue weighted by atomic mass is 9.72. The number of amides is 3. The van der Waals surface area contributed by atoms with Crippen LogP contribution in [0.15, 0.2) is 66.9 Å². The summed E-state index contributed by atoms with van der Waals surface area (Å²) < 4.78 is 11.2. The first-order chi connectivity index (χ1) is 23.8. The number of aromatic nitrogens is 1. The van der Waals surface area contributed by atoms with E-state index in [1.165, 1.54) is 16.7 Å². The summed E-state index contributed by atoms with van der Waals surface area (Å²) in [6.07, 6.45) is 8.73. The molecule has 0 saturated carbocycles. The third-order valence-corrected chi connectivity index (χ3v) is 11.0. The summed E-state index contributed by atoms with van der Waals surface area (Å²) in [6, 6.07) is 19.7. The van der Waals surface area contributed by atoms with Gasteiger partial charge in [-0.2, -0.15) is 0 Å². The lowest BCUT2D eigenvalue weighted by Crippen LogP contribution is -2.62. The van der Waals surface area contributed by atoms with Crippen LogP contribution in [0.3, 0.4) is 0 Å². The van der Waals surface area contributed by atoms with Crippen LogP contribution in [0.5, 0.6) is 11.5 Å². The molecule has 1 aromatic heterocycles. The number of likely N-dealkylation sites (tertiary alicyclic amines) is 1. The van der Waals surface area contributed by atoms with Crippen molar-refractivity contribution in [3.8, 4) is 11.5 Å². The van der Waals surface area contributed by atoms with Crippen LogP contribution in [0.25, 0.3) is 10.9 Å². The predicted octanol–water partition coefficient (Wildman–Crippen LogP) is 5.99. The van der Waals surface area contributed by atoms with Crippen LogP contribution in [0.1, 0.15) is 47.9 Å². The highest BCUT2D eigenvalue weighted by molar-refractivity contribution is 6.00. The molecule has 0 bridgehead atoms. The van der Waals surface area contributed by atoms with Crippen molar-refractivity contribution < 1.29 is 19.1 Å². The third kappa shape index (κ3) is 6.48. The number of carbonyl (C=O) groups is 2. The van der Waals surface area contributed by atoms with Gasteiger partial charge in [-0.05, 0) is 111 Å². The summed E-state index contributed by atoms with van der Waals surface area (Å²) in [6.45, 7) is 2.16. The van der Waals surface area contributed by atoms with Crippen molar-refractivity contribution in [2.45, 2.75) is 62.9 Å². The van der Waals surface area contributed by atoms with E-state index in [0.29, 0.717) is 31.2 Å². The SMILES string of the molecule is COc1cc2c(cc1OC)CC1(CCCCN1C(=O)N[C@H](Cc1c[nH]c3ccccc13)C(=O)N1CC(CN(C)C)Cc3ccccc31)CC2. The fourth-order valence-corrected chi connectivity index (χ4v) is 8.69. The monoisotopic (exact) mass is 663 g/mol. The Kier molecular flexibility index (Phi) is 9.29. The van der Waals surface area contributed by atoms with Gasteiger partial charge in [0, 0.05) is 54.4 Å². The molecular formula is C40H49N5O4. The molecular weight excluding hydrogens is 614 g/mol. The summed E-state index contributed by atoms with van der Waals surface area (Å²) in [4.78, 5) is 39.1. The number of urea groups is 1. The minimum Gasteiger partial charge on any atom is -0.493 e. The van der Waals surface area contributed by atoms with Crippen LogP contribution in [0.2, 0.25) is 0 Å². The standard InChI is InChI=1S/C40H49N5O4/c1-43(2)25-27-19-29-11-5-8-14-35(29)44(26-27)38(46)34(20-31-24-41-33-13-7-6-12-32(31)33)42-39(47)45-18-10-9-16-40(45)17-15-28-21-36(48-3)37(49-4)22-30(28)23-40/h5-8,11-14,21-22,24,27,34,41H,9-10,15-20,23,25-26H2,1-4H3,(H,42,47)/t27?,34-,40?/m1/s1. The quantitative estimate of drug-likeness (QED) is 0.242. The van der Waals surface area contributed by atoms with Gasteiger partial charge in [-0.1, -0.05) is 36.4 Å². The van der Waals surface area contributed by atoms with E-state index < -0.39 is 6.04 Å². The van der Waals surface area contributed by atoms with E-state index in [-0.39, 0.29) is 17.5 Å². The second-order valence-electron chi connectivity index (χ2n) is 14.5. The van der Waals surface area contributed by atoms with Crippen molar-refractivity contribution in [1.82, 2.24) is 20.1 Å². The van der Waals surface area contributed by atoms with Crippen LogP contribution in [-0.2, 0) is 30.5 Å². The Balaban J connectivity index is 1.21. The zero-order chi connectivity index (χ0) is 34.1. The van der Waals surface area contributed by atoms with E-state index >= 15 is 0 Å². The van der Waals surface area contributed by atoms with Gasteiger partial charge in [0.15, 0.2) is 11.5 Å². The molecule has 7 rings (SSSR count). The molecule has 1 aliphatic carbocycles. The predicted molar refractivity (Wildman–Crippen MR) is 194 cm³/mol. The van der Waals surface area contributed by atoms with Gasteiger partial charge >= 0.3 is 6.03 Å². The number of nitrogens with zero attached hydrogens (tertiary/aromatic N) is 3. The number of carbonyl (C=O) groups excluding carboxylic acids is 2. The topological polar surface area (TPSA) is 90.1 Å². The Morgan fingerprint density at radius 1 is 0.980 bits per heavy atom. The number of ether oxygens (including phenoxy) is 2. The summed E-state index contributed by atoms with van der Waals surface area (Å²) >= 11 is 0. The van der Waals surface area contributed by atoms with E-state index in [9.17, 15) is 9.59 Å². The molecule has 2 unspecified atom stereocenters. The maximum absolute atomic E-state index is 14.9. The van der Waals surface area contributed by atoms with Crippen molar-refractivity contribution in [3.63, 3.8) is 0 Å². The molecule has 1 fully saturated rings. The number of hydrogen-bond donors (Lipinski definition) is 2. The number of anilines is 1. The molecule has 9 heteroatoms. The van der Waals surface area contributed by atoms with Gasteiger partial charge in [0.25, 0.3) is 0 Å². The first-order valence-electron chi connectivity index (χ1n) is 17.7. The number of fused-ring (bicyclic) bond motifs is 3. The largest absolute Gasteiger partial charge is 0.493 e. The lowest BCUT2D eigenvalue weighted by molar-refractivity contribution is -0.120. The molecule has 0 radical (unpaired) electrons. The normalized spacial score (nSPS) is 21.0. The number of rotatable bonds is 8. The molecule has 3 heterocycles. The number of H-pyrrole nitrogens is 1. The van der Waals surface area contributed by atoms with E-state index in [2.05, 4.69) is 64.5 Å². The average Bonchev–Trinajstić information content (AvgIpc) is 3.52. The van der Waals surface area contributed by atoms with Crippen LogP contribution in [0.4, 0.5) is 10.5 Å². The van der Waals surface area contributed by atoms with Crippen molar-refractivity contribution in [2.75, 3.05) is 52.8 Å². The Morgan fingerprint density at radius 2 is 1.73 bits per heavy atom. The van der Waals surface area contributed by atoms with Gasteiger partial charge in [-0.25, -0.2) is 4.79 Å². The smallest absolute Gasteiger partial charge is 0.318 e. The number of nitrogens with one attached hydrogen (secondary N) is 2. The molecule has 49 heavy (non-hydrogen) atoms. The maximum Gasteiger partial charge on any atom is 0.318 e. The van der Waals surface area contributed by atoms with Crippen LogP contribution < -0.4 is 19.7 Å². The van der Waals surface area contributed by atoms with Gasteiger partial charge in [-0.3, -0.25) is 4.79 Å². The van der Waals surface area contributed by atoms with Gasteiger partial charge in [0.05, 0.1) is 14.2 Å². The number of methoxy groups -OCH3 is 2. The van der Waals surface area contributed by atoms with Gasteiger partial charge in [0.1, 0.15) is 6.04 Å². The second kappa shape index (κ2) is 13.8. The number of hydrogen-bond acceptors (Lipinski definition) is 5. The van der Waals surface area contributed by atoms with E-state index in [1.54, 1.807) is 14.2 Å². The van der Waals surface area contributed by atoms with Gasteiger partial charge in [-0.15, -0.1) is 0 Å². The lowest BCUT2D eigenvalue weighted by Gasteiger charge is -2.50. The van der Waals surface area contributed by atoms with Gasteiger partial charge < -0.3 is 34.5 Å². The molecule has 3 atom stereocenters. The maximum atomic E-state index is 14.9. The van der Waals surface area contributed by atoms with Gasteiger partial charge in [0.2, 0.25) is 5.91 Å². The second-order valence-corrected chi connectivity index (χ2v) is 14.5. The molecule has 3 aliphatic rings. The molecule has 9 nitrogen and oxygen atoms in total. The molecule has 1 spiro atoms. The first kappa shape index (κ1) is 33.0. The van der Waals surface area contributed by atoms with Crippen LogP contribution in [-0.4, -0.2) is 86.3 Å². The Bertz CT molecular complexity index is 1830. The highest BCUT2D eigenvalue weighted by Gasteiger charge is 2.45. The number of piperidine rings is 1. The van der Waals surface area contributed by atoms with Crippen molar-refractivity contribution in [3.05, 3.63) is 89.1 Å². The molecule has 1 saturated heterocycles. The highest BCUT2D eigenvalue weighted by Crippen LogP contribution is 2.43. The number of aryl methyl sites for hydroxylation is 1. The van der Waals surface area contributed by atoms with Crippen molar-refractivity contribution in [1.29, 1.82) is 0 Å². The number of benzene rings is 3. The molecule has 4 aromatic rings. The first-order valence-corrected chi connectivity index (χ1v) is 17.7. The average molecular weight is 664 g/mol. The van der Waals surface area contributed by atoms with E-state index in [4.69, 9.17) is 9.47 Å². The molecule has 2 aliphatic heterocycles. The highest BCUT2D eigenvalue weighted by atomic mass is 16.5. The summed E-state index contributed by atoms with van der Waals surface area (Å²) in [5, 5.41) is 4.41. The van der Waals surface area contributed by atoms with Crippen LogP contribution in [0, 0.1) is 5.92 Å². The Labute approximate surface area is 289 Å². The minimum atomic E-state index is -0.739. The third-order valence-electron chi connectivity index (χ3n) is 11.0. The zero-order valence-corrected chi connectivity index (χ0v) is 29.3. The molecule has 3 amide bonds. The van der Waals surface area contributed by atoms with Crippen LogP contribution >= 0.6 is 0 Å². The van der Waals surface area contributed by atoms with E-state index in [0.717, 1.165) is 79.4 Å². The molecule has 2 N–H and O–H groups in total. The summed E-state index contributed by atoms with van der Waals surface area (Å²) in [5.41, 5.74) is 6.29. The van der Waals surface area contributed by atoms with E-state index in [1.807, 2.05) is 41.4 Å².